The minimum absolute atomic E-state index is 0.0726. The van der Waals surface area contributed by atoms with Crippen molar-refractivity contribution in [3.05, 3.63) is 48.2 Å². The number of aromatic nitrogens is 2. The Labute approximate surface area is 209 Å². The third-order valence-corrected chi connectivity index (χ3v) is 6.10. The predicted molar refractivity (Wildman–Crippen MR) is 133 cm³/mol. The summed E-state index contributed by atoms with van der Waals surface area (Å²) in [5.41, 5.74) is 1.41. The van der Waals surface area contributed by atoms with E-state index < -0.39 is 23.8 Å². The summed E-state index contributed by atoms with van der Waals surface area (Å²) in [5.74, 6) is 0.0726. The summed E-state index contributed by atoms with van der Waals surface area (Å²) < 4.78 is 44.8. The molecule has 0 spiro atoms. The van der Waals surface area contributed by atoms with Crippen molar-refractivity contribution < 1.29 is 27.8 Å². The third kappa shape index (κ3) is 5.78. The highest BCUT2D eigenvalue weighted by Crippen LogP contribution is 2.40. The molecule has 4 rings (SSSR count). The minimum Gasteiger partial charge on any atom is -0.444 e. The van der Waals surface area contributed by atoms with Crippen LogP contribution in [-0.4, -0.2) is 34.7 Å². The number of halogens is 2. The number of hydrogen-bond donors (Lipinski definition) is 1. The first-order chi connectivity index (χ1) is 16.9. The maximum Gasteiger partial charge on any atom is 0.408 e. The van der Waals surface area contributed by atoms with E-state index in [1.54, 1.807) is 37.7 Å². The number of nitrogens with zero attached hydrogens (tertiary/aromatic N) is 2. The SMILES string of the molecule is CC(C)(C)OC(=O)NC(C)(C)c1ccc(-c2ccc3c(cnn3C3CCCCO3)c2OC(F)F)cc1. The Hall–Kier alpha value is -3.20. The van der Waals surface area contributed by atoms with Gasteiger partial charge in [0.05, 0.1) is 22.6 Å². The van der Waals surface area contributed by atoms with Gasteiger partial charge in [0.25, 0.3) is 0 Å². The molecular formula is C27H33F2N3O4. The van der Waals surface area contributed by atoms with Gasteiger partial charge in [0.1, 0.15) is 11.4 Å². The molecule has 36 heavy (non-hydrogen) atoms. The summed E-state index contributed by atoms with van der Waals surface area (Å²) in [6, 6.07) is 11.0. The van der Waals surface area contributed by atoms with Crippen LogP contribution in [0.15, 0.2) is 42.6 Å². The van der Waals surface area contributed by atoms with Crippen LogP contribution < -0.4 is 10.1 Å². The number of rotatable bonds is 6. The van der Waals surface area contributed by atoms with Gasteiger partial charge in [-0.2, -0.15) is 13.9 Å². The van der Waals surface area contributed by atoms with Crippen LogP contribution in [0.5, 0.6) is 5.75 Å². The highest BCUT2D eigenvalue weighted by atomic mass is 19.3. The van der Waals surface area contributed by atoms with Crippen LogP contribution in [0.25, 0.3) is 22.0 Å². The van der Waals surface area contributed by atoms with Gasteiger partial charge in [0.2, 0.25) is 0 Å². The van der Waals surface area contributed by atoms with Gasteiger partial charge >= 0.3 is 12.7 Å². The predicted octanol–water partition coefficient (Wildman–Crippen LogP) is 6.76. The lowest BCUT2D eigenvalue weighted by atomic mass is 9.92. The van der Waals surface area contributed by atoms with E-state index in [1.807, 2.05) is 44.2 Å². The highest BCUT2D eigenvalue weighted by Gasteiger charge is 2.27. The molecule has 1 aromatic heterocycles. The molecule has 1 aliphatic rings. The quantitative estimate of drug-likeness (QED) is 0.404. The average molecular weight is 502 g/mol. The second-order valence-electron chi connectivity index (χ2n) is 10.5. The molecule has 0 radical (unpaired) electrons. The maximum absolute atomic E-state index is 13.4. The highest BCUT2D eigenvalue weighted by molar-refractivity contribution is 5.93. The van der Waals surface area contributed by atoms with Crippen molar-refractivity contribution in [3.63, 3.8) is 0 Å². The molecule has 0 aliphatic carbocycles. The van der Waals surface area contributed by atoms with Gasteiger partial charge in [-0.1, -0.05) is 24.3 Å². The number of amides is 1. The normalized spacial score (nSPS) is 16.8. The second-order valence-corrected chi connectivity index (χ2v) is 10.5. The van der Waals surface area contributed by atoms with Gasteiger partial charge in [-0.05, 0) is 77.1 Å². The molecule has 1 unspecified atom stereocenters. The van der Waals surface area contributed by atoms with Crippen LogP contribution in [0.1, 0.15) is 65.7 Å². The van der Waals surface area contributed by atoms with E-state index in [0.29, 0.717) is 28.6 Å². The molecule has 0 saturated carbocycles. The number of hydrogen-bond acceptors (Lipinski definition) is 5. The Morgan fingerprint density at radius 2 is 1.83 bits per heavy atom. The zero-order valence-electron chi connectivity index (χ0n) is 21.3. The first-order valence-corrected chi connectivity index (χ1v) is 12.1. The molecule has 1 fully saturated rings. The summed E-state index contributed by atoms with van der Waals surface area (Å²) in [5, 5.41) is 7.81. The molecule has 2 aromatic carbocycles. The van der Waals surface area contributed by atoms with Crippen LogP contribution in [-0.2, 0) is 15.0 Å². The van der Waals surface area contributed by atoms with Crippen molar-refractivity contribution in [1.82, 2.24) is 15.1 Å². The molecule has 1 aliphatic heterocycles. The number of fused-ring (bicyclic) bond motifs is 1. The van der Waals surface area contributed by atoms with Gasteiger partial charge in [0, 0.05) is 12.2 Å². The van der Waals surface area contributed by atoms with Crippen LogP contribution in [0.2, 0.25) is 0 Å². The van der Waals surface area contributed by atoms with Gasteiger partial charge < -0.3 is 19.5 Å². The zero-order chi connectivity index (χ0) is 26.1. The minimum atomic E-state index is -2.99. The number of alkyl carbamates (subject to hydrolysis) is 1. The van der Waals surface area contributed by atoms with Crippen molar-refractivity contribution in [2.45, 2.75) is 77.9 Å². The van der Waals surface area contributed by atoms with Crippen molar-refractivity contribution in [3.8, 4) is 16.9 Å². The Balaban J connectivity index is 1.65. The molecule has 1 N–H and O–H groups in total. The van der Waals surface area contributed by atoms with E-state index >= 15 is 0 Å². The molecule has 3 aromatic rings. The number of ether oxygens (including phenoxy) is 3. The van der Waals surface area contributed by atoms with Gasteiger partial charge in [-0.3, -0.25) is 0 Å². The molecule has 1 saturated heterocycles. The van der Waals surface area contributed by atoms with Gasteiger partial charge in [-0.25, -0.2) is 9.48 Å². The topological polar surface area (TPSA) is 74.6 Å². The van der Waals surface area contributed by atoms with Crippen LogP contribution in [0.3, 0.4) is 0 Å². The van der Waals surface area contributed by atoms with Crippen molar-refractivity contribution in [2.75, 3.05) is 6.61 Å². The number of nitrogens with one attached hydrogen (secondary N) is 1. The fraction of sp³-hybridized carbons (Fsp3) is 0.481. The van der Waals surface area contributed by atoms with Gasteiger partial charge in [0.15, 0.2) is 6.23 Å². The standard InChI is InChI=1S/C27H33F2N3O4/c1-26(2,3)36-25(33)31-27(4,5)18-11-9-17(10-12-18)19-13-14-21-20(23(19)35-24(28)29)16-30-32(21)22-8-6-7-15-34-22/h9-14,16,22,24H,6-8,15H2,1-5H3,(H,31,33). The molecule has 0 bridgehead atoms. The van der Waals surface area contributed by atoms with Gasteiger partial charge in [-0.15, -0.1) is 0 Å². The van der Waals surface area contributed by atoms with E-state index in [4.69, 9.17) is 14.2 Å². The number of carbonyl (C=O) groups is 1. The van der Waals surface area contributed by atoms with Crippen LogP contribution >= 0.6 is 0 Å². The van der Waals surface area contributed by atoms with Crippen LogP contribution in [0, 0.1) is 0 Å². The zero-order valence-corrected chi connectivity index (χ0v) is 21.3. The third-order valence-electron chi connectivity index (χ3n) is 6.10. The molecule has 1 amide bonds. The molecule has 1 atom stereocenters. The smallest absolute Gasteiger partial charge is 0.408 e. The molecular weight excluding hydrogens is 468 g/mol. The Kier molecular flexibility index (Phi) is 7.22. The lowest BCUT2D eigenvalue weighted by molar-refractivity contribution is -0.0484. The van der Waals surface area contributed by atoms with E-state index in [9.17, 15) is 13.6 Å². The van der Waals surface area contributed by atoms with Crippen molar-refractivity contribution >= 4 is 17.0 Å². The van der Waals surface area contributed by atoms with Crippen molar-refractivity contribution in [1.29, 1.82) is 0 Å². The summed E-state index contributed by atoms with van der Waals surface area (Å²) in [7, 11) is 0. The Bertz CT molecular complexity index is 1210. The van der Waals surface area contributed by atoms with Crippen LogP contribution in [0.4, 0.5) is 13.6 Å². The van der Waals surface area contributed by atoms with E-state index in [-0.39, 0.29) is 12.0 Å². The monoisotopic (exact) mass is 501 g/mol. The molecule has 9 heteroatoms. The van der Waals surface area contributed by atoms with Crippen molar-refractivity contribution in [2.24, 2.45) is 0 Å². The summed E-state index contributed by atoms with van der Waals surface area (Å²) in [6.07, 6.45) is 3.65. The number of benzene rings is 2. The molecule has 7 nitrogen and oxygen atoms in total. The fourth-order valence-electron chi connectivity index (χ4n) is 4.38. The van der Waals surface area contributed by atoms with E-state index in [0.717, 1.165) is 24.8 Å². The number of carbonyl (C=O) groups excluding carboxylic acids is 1. The molecule has 194 valence electrons. The van der Waals surface area contributed by atoms with E-state index in [2.05, 4.69) is 10.4 Å². The second kappa shape index (κ2) is 10.0. The lowest BCUT2D eigenvalue weighted by Gasteiger charge is -2.29. The maximum atomic E-state index is 13.4. The lowest BCUT2D eigenvalue weighted by Crippen LogP contribution is -2.43. The number of alkyl halides is 2. The Morgan fingerprint density at radius 1 is 1.11 bits per heavy atom. The molecule has 2 heterocycles. The fourth-order valence-corrected chi connectivity index (χ4v) is 4.38. The summed E-state index contributed by atoms with van der Waals surface area (Å²) in [6.45, 7) is 6.80. The van der Waals surface area contributed by atoms with E-state index in [1.165, 1.54) is 0 Å². The average Bonchev–Trinajstić information content (AvgIpc) is 3.23. The first-order valence-electron chi connectivity index (χ1n) is 12.1. The summed E-state index contributed by atoms with van der Waals surface area (Å²) in [4.78, 5) is 12.3. The first kappa shape index (κ1) is 25.9. The largest absolute Gasteiger partial charge is 0.444 e. The summed E-state index contributed by atoms with van der Waals surface area (Å²) >= 11 is 0. The Morgan fingerprint density at radius 3 is 2.44 bits per heavy atom.